The molecule has 0 aliphatic carbocycles. The Morgan fingerprint density at radius 3 is 2.71 bits per heavy atom. The molecule has 2 unspecified atom stereocenters. The zero-order chi connectivity index (χ0) is 15.5. The molecule has 2 rings (SSSR count). The highest BCUT2D eigenvalue weighted by atomic mass is 79.9. The first kappa shape index (κ1) is 16.9. The Morgan fingerprint density at radius 1 is 1.38 bits per heavy atom. The summed E-state index contributed by atoms with van der Waals surface area (Å²) < 4.78 is 1.05. The van der Waals surface area contributed by atoms with Crippen molar-refractivity contribution in [2.45, 2.75) is 59.2 Å². The highest BCUT2D eigenvalue weighted by molar-refractivity contribution is 9.10. The SMILES string of the molecule is CCCC1CNC(C(C)(C)C)CN1Cc1ccc(Br)cn1. The molecule has 1 fully saturated rings. The number of hydrogen-bond donors (Lipinski definition) is 1. The van der Waals surface area contributed by atoms with E-state index in [2.05, 4.69) is 71.0 Å². The topological polar surface area (TPSA) is 28.2 Å². The van der Waals surface area contributed by atoms with Gasteiger partial charge in [0, 0.05) is 42.4 Å². The molecule has 0 saturated carbocycles. The van der Waals surface area contributed by atoms with Crippen LogP contribution in [0.3, 0.4) is 0 Å². The minimum absolute atomic E-state index is 0.294. The van der Waals surface area contributed by atoms with Crippen LogP contribution in [-0.2, 0) is 6.54 Å². The predicted molar refractivity (Wildman–Crippen MR) is 92.3 cm³/mol. The van der Waals surface area contributed by atoms with Crippen molar-refractivity contribution in [2.75, 3.05) is 13.1 Å². The van der Waals surface area contributed by atoms with Crippen LogP contribution in [0, 0.1) is 5.41 Å². The number of aromatic nitrogens is 1. The van der Waals surface area contributed by atoms with E-state index in [-0.39, 0.29) is 0 Å². The van der Waals surface area contributed by atoms with Crippen molar-refractivity contribution in [3.05, 3.63) is 28.5 Å². The molecule has 0 aromatic carbocycles. The first-order chi connectivity index (χ1) is 9.90. The highest BCUT2D eigenvalue weighted by Crippen LogP contribution is 2.25. The van der Waals surface area contributed by atoms with Crippen molar-refractivity contribution in [2.24, 2.45) is 5.41 Å². The molecule has 1 aliphatic rings. The molecular formula is C17H28BrN3. The van der Waals surface area contributed by atoms with Crippen molar-refractivity contribution < 1.29 is 0 Å². The fourth-order valence-electron chi connectivity index (χ4n) is 2.96. The van der Waals surface area contributed by atoms with E-state index in [1.807, 2.05) is 6.20 Å². The van der Waals surface area contributed by atoms with E-state index in [4.69, 9.17) is 0 Å². The van der Waals surface area contributed by atoms with E-state index in [0.29, 0.717) is 17.5 Å². The number of hydrogen-bond acceptors (Lipinski definition) is 3. The Morgan fingerprint density at radius 2 is 2.14 bits per heavy atom. The van der Waals surface area contributed by atoms with Crippen LogP contribution in [0.1, 0.15) is 46.2 Å². The molecule has 2 heterocycles. The standard InChI is InChI=1S/C17H28BrN3/c1-5-6-15-10-20-16(17(2,3)4)12-21(15)11-14-8-7-13(18)9-19-14/h7-9,15-16,20H,5-6,10-12H2,1-4H3. The molecule has 1 aliphatic heterocycles. The van der Waals surface area contributed by atoms with Gasteiger partial charge in [-0.2, -0.15) is 0 Å². The number of pyridine rings is 1. The van der Waals surface area contributed by atoms with Crippen LogP contribution in [0.2, 0.25) is 0 Å². The second kappa shape index (κ2) is 7.21. The molecule has 1 aromatic rings. The van der Waals surface area contributed by atoms with E-state index >= 15 is 0 Å². The summed E-state index contributed by atoms with van der Waals surface area (Å²) in [5, 5.41) is 3.75. The molecule has 3 nitrogen and oxygen atoms in total. The summed E-state index contributed by atoms with van der Waals surface area (Å²) >= 11 is 3.46. The summed E-state index contributed by atoms with van der Waals surface area (Å²) in [6.07, 6.45) is 4.38. The molecule has 0 bridgehead atoms. The monoisotopic (exact) mass is 353 g/mol. The summed E-state index contributed by atoms with van der Waals surface area (Å²) in [4.78, 5) is 7.16. The molecule has 1 aromatic heterocycles. The van der Waals surface area contributed by atoms with Crippen molar-refractivity contribution >= 4 is 15.9 Å². The molecule has 0 amide bonds. The molecular weight excluding hydrogens is 326 g/mol. The summed E-state index contributed by atoms with van der Waals surface area (Å²) in [6.45, 7) is 12.4. The predicted octanol–water partition coefficient (Wildman–Crippen LogP) is 3.83. The zero-order valence-electron chi connectivity index (χ0n) is 13.7. The van der Waals surface area contributed by atoms with Gasteiger partial charge in [-0.15, -0.1) is 0 Å². The van der Waals surface area contributed by atoms with Crippen molar-refractivity contribution in [3.63, 3.8) is 0 Å². The Balaban J connectivity index is 2.08. The van der Waals surface area contributed by atoms with Gasteiger partial charge < -0.3 is 5.32 Å². The van der Waals surface area contributed by atoms with Gasteiger partial charge >= 0.3 is 0 Å². The number of piperazine rings is 1. The van der Waals surface area contributed by atoms with E-state index in [1.54, 1.807) is 0 Å². The normalized spacial score (nSPS) is 24.2. The lowest BCUT2D eigenvalue weighted by Gasteiger charge is -2.45. The molecule has 0 spiro atoms. The quantitative estimate of drug-likeness (QED) is 0.891. The van der Waals surface area contributed by atoms with Gasteiger partial charge in [-0.25, -0.2) is 0 Å². The third-order valence-corrected chi connectivity index (χ3v) is 4.82. The summed E-state index contributed by atoms with van der Waals surface area (Å²) in [5.41, 5.74) is 1.46. The average molecular weight is 354 g/mol. The number of nitrogens with one attached hydrogen (secondary N) is 1. The van der Waals surface area contributed by atoms with Crippen LogP contribution in [0.4, 0.5) is 0 Å². The zero-order valence-corrected chi connectivity index (χ0v) is 15.3. The minimum atomic E-state index is 0.294. The van der Waals surface area contributed by atoms with Gasteiger partial charge in [0.1, 0.15) is 0 Å². The van der Waals surface area contributed by atoms with Gasteiger partial charge in [0.15, 0.2) is 0 Å². The maximum atomic E-state index is 4.55. The smallest absolute Gasteiger partial charge is 0.0544 e. The lowest BCUT2D eigenvalue weighted by molar-refractivity contribution is 0.0738. The van der Waals surface area contributed by atoms with Gasteiger partial charge in [-0.3, -0.25) is 9.88 Å². The van der Waals surface area contributed by atoms with E-state index < -0.39 is 0 Å². The first-order valence-electron chi connectivity index (χ1n) is 7.98. The van der Waals surface area contributed by atoms with Crippen LogP contribution in [0.5, 0.6) is 0 Å². The Bertz CT molecular complexity index is 438. The largest absolute Gasteiger partial charge is 0.311 e. The average Bonchev–Trinajstić information content (AvgIpc) is 2.42. The van der Waals surface area contributed by atoms with Crippen molar-refractivity contribution in [3.8, 4) is 0 Å². The Labute approximate surface area is 137 Å². The van der Waals surface area contributed by atoms with Crippen LogP contribution in [-0.4, -0.2) is 35.1 Å². The van der Waals surface area contributed by atoms with E-state index in [9.17, 15) is 0 Å². The Hall–Kier alpha value is -0.450. The van der Waals surface area contributed by atoms with Gasteiger partial charge in [0.25, 0.3) is 0 Å². The second-order valence-electron chi connectivity index (χ2n) is 7.17. The number of nitrogens with zero attached hydrogens (tertiary/aromatic N) is 2. The van der Waals surface area contributed by atoms with Gasteiger partial charge in [0.05, 0.1) is 5.69 Å². The summed E-state index contributed by atoms with van der Waals surface area (Å²) in [5.74, 6) is 0. The van der Waals surface area contributed by atoms with Crippen LogP contribution in [0.25, 0.3) is 0 Å². The second-order valence-corrected chi connectivity index (χ2v) is 8.08. The van der Waals surface area contributed by atoms with E-state index in [1.165, 1.54) is 12.8 Å². The van der Waals surface area contributed by atoms with Crippen LogP contribution < -0.4 is 5.32 Å². The maximum Gasteiger partial charge on any atom is 0.0544 e. The third-order valence-electron chi connectivity index (χ3n) is 4.35. The summed E-state index contributed by atoms with van der Waals surface area (Å²) in [6, 6.07) is 5.38. The van der Waals surface area contributed by atoms with Crippen molar-refractivity contribution in [1.29, 1.82) is 0 Å². The molecule has 0 radical (unpaired) electrons. The fourth-order valence-corrected chi connectivity index (χ4v) is 3.19. The third kappa shape index (κ3) is 4.76. The van der Waals surface area contributed by atoms with Crippen LogP contribution >= 0.6 is 15.9 Å². The fraction of sp³-hybridized carbons (Fsp3) is 0.706. The molecule has 2 atom stereocenters. The van der Waals surface area contributed by atoms with Gasteiger partial charge in [0.2, 0.25) is 0 Å². The maximum absolute atomic E-state index is 4.55. The van der Waals surface area contributed by atoms with Gasteiger partial charge in [-0.05, 0) is 39.9 Å². The van der Waals surface area contributed by atoms with E-state index in [0.717, 1.165) is 29.8 Å². The minimum Gasteiger partial charge on any atom is -0.311 e. The van der Waals surface area contributed by atoms with Crippen molar-refractivity contribution in [1.82, 2.24) is 15.2 Å². The highest BCUT2D eigenvalue weighted by Gasteiger charge is 2.33. The van der Waals surface area contributed by atoms with Crippen LogP contribution in [0.15, 0.2) is 22.8 Å². The lowest BCUT2D eigenvalue weighted by atomic mass is 9.84. The summed E-state index contributed by atoms with van der Waals surface area (Å²) in [7, 11) is 0. The molecule has 118 valence electrons. The number of rotatable bonds is 4. The number of halogens is 1. The first-order valence-corrected chi connectivity index (χ1v) is 8.77. The lowest BCUT2D eigenvalue weighted by Crippen LogP contribution is -2.59. The molecule has 4 heteroatoms. The molecule has 1 N–H and O–H groups in total. The molecule has 1 saturated heterocycles. The Kier molecular flexibility index (Phi) is 5.81. The van der Waals surface area contributed by atoms with Gasteiger partial charge in [-0.1, -0.05) is 34.1 Å². The molecule has 21 heavy (non-hydrogen) atoms.